The van der Waals surface area contributed by atoms with Crippen LogP contribution in [0.4, 0.5) is 0 Å². The first-order chi connectivity index (χ1) is 17.0. The van der Waals surface area contributed by atoms with Gasteiger partial charge in [0, 0.05) is 19.1 Å². The molecule has 0 unspecified atom stereocenters. The number of carbonyl (C=O) groups excluding carboxylic acids is 1. The predicted octanol–water partition coefficient (Wildman–Crippen LogP) is 6.61. The van der Waals surface area contributed by atoms with E-state index in [4.69, 9.17) is 4.74 Å². The number of aliphatic hydroxyl groups is 1. The molecule has 0 heterocycles. The van der Waals surface area contributed by atoms with Gasteiger partial charge in [0.1, 0.15) is 0 Å². The van der Waals surface area contributed by atoms with Crippen LogP contribution in [0.2, 0.25) is 0 Å². The number of ether oxygens (including phenoxy) is 1. The second-order valence-corrected chi connectivity index (χ2v) is 10.8. The molecule has 1 saturated carbocycles. The number of esters is 1. The van der Waals surface area contributed by atoms with E-state index in [1.54, 1.807) is 0 Å². The summed E-state index contributed by atoms with van der Waals surface area (Å²) in [6.45, 7) is 5.80. The van der Waals surface area contributed by atoms with Crippen LogP contribution < -0.4 is 0 Å². The molecule has 0 saturated heterocycles. The number of nitrogens with zero attached hydrogens (tertiary/aromatic N) is 1. The smallest absolute Gasteiger partial charge is 0.308 e. The summed E-state index contributed by atoms with van der Waals surface area (Å²) in [5, 5.41) is 11.7. The lowest BCUT2D eigenvalue weighted by atomic mass is 9.81. The third kappa shape index (κ3) is 9.09. The van der Waals surface area contributed by atoms with Crippen molar-refractivity contribution >= 4 is 5.97 Å². The topological polar surface area (TPSA) is 49.8 Å². The van der Waals surface area contributed by atoms with Crippen molar-refractivity contribution in [3.8, 4) is 0 Å². The van der Waals surface area contributed by atoms with E-state index in [-0.39, 0.29) is 17.9 Å². The average Bonchev–Trinajstić information content (AvgIpc) is 2.87. The van der Waals surface area contributed by atoms with Crippen molar-refractivity contribution in [2.45, 2.75) is 90.4 Å². The van der Waals surface area contributed by atoms with Crippen molar-refractivity contribution in [1.29, 1.82) is 0 Å². The van der Waals surface area contributed by atoms with Gasteiger partial charge in [-0.3, -0.25) is 9.69 Å². The summed E-state index contributed by atoms with van der Waals surface area (Å²) >= 11 is 0. The molecule has 4 nitrogen and oxygen atoms in total. The van der Waals surface area contributed by atoms with E-state index in [9.17, 15) is 9.90 Å². The largest absolute Gasteiger partial charge is 0.469 e. The Morgan fingerprint density at radius 2 is 1.46 bits per heavy atom. The molecule has 3 atom stereocenters. The summed E-state index contributed by atoms with van der Waals surface area (Å²) in [7, 11) is 1.46. The molecule has 1 aliphatic carbocycles. The van der Waals surface area contributed by atoms with Crippen molar-refractivity contribution in [3.05, 3.63) is 71.8 Å². The SMILES string of the molecule is COC(=O)[C@@H](CC(C)C)C[C@H](O)[C@H](CC1CCCCC1)N(Cc1ccccc1)Cc1ccccc1. The van der Waals surface area contributed by atoms with Gasteiger partial charge in [-0.15, -0.1) is 0 Å². The molecule has 4 heteroatoms. The van der Waals surface area contributed by atoms with E-state index in [2.05, 4.69) is 67.3 Å². The normalized spacial score (nSPS) is 17.3. The third-order valence-electron chi connectivity index (χ3n) is 7.49. The Kier molecular flexibility index (Phi) is 11.3. The van der Waals surface area contributed by atoms with Crippen LogP contribution in [0.15, 0.2) is 60.7 Å². The maximum absolute atomic E-state index is 12.6. The summed E-state index contributed by atoms with van der Waals surface area (Å²) in [6.07, 6.45) is 7.91. The zero-order valence-corrected chi connectivity index (χ0v) is 21.9. The van der Waals surface area contributed by atoms with Gasteiger partial charge in [-0.05, 0) is 42.2 Å². The molecule has 35 heavy (non-hydrogen) atoms. The van der Waals surface area contributed by atoms with E-state index in [1.165, 1.54) is 50.3 Å². The first-order valence-electron chi connectivity index (χ1n) is 13.5. The highest BCUT2D eigenvalue weighted by Gasteiger charge is 2.33. The Morgan fingerprint density at radius 1 is 0.914 bits per heavy atom. The summed E-state index contributed by atoms with van der Waals surface area (Å²) in [5.41, 5.74) is 2.49. The van der Waals surface area contributed by atoms with Gasteiger partial charge >= 0.3 is 5.97 Å². The van der Waals surface area contributed by atoms with Gasteiger partial charge in [0.2, 0.25) is 0 Å². The molecule has 0 aliphatic heterocycles. The second-order valence-electron chi connectivity index (χ2n) is 10.8. The number of benzene rings is 2. The number of hydrogen-bond acceptors (Lipinski definition) is 4. The van der Waals surface area contributed by atoms with E-state index < -0.39 is 6.10 Å². The molecule has 0 spiro atoms. The lowest BCUT2D eigenvalue weighted by molar-refractivity contribution is -0.147. The van der Waals surface area contributed by atoms with Crippen LogP contribution in [-0.2, 0) is 22.6 Å². The Balaban J connectivity index is 1.88. The minimum Gasteiger partial charge on any atom is -0.469 e. The monoisotopic (exact) mass is 479 g/mol. The van der Waals surface area contributed by atoms with E-state index in [0.717, 1.165) is 25.9 Å². The Hall–Kier alpha value is -2.17. The highest BCUT2D eigenvalue weighted by Crippen LogP contribution is 2.33. The Bertz CT molecular complexity index is 807. The summed E-state index contributed by atoms with van der Waals surface area (Å²) in [6, 6.07) is 21.1. The van der Waals surface area contributed by atoms with Gasteiger partial charge in [0.05, 0.1) is 19.1 Å². The minimum absolute atomic E-state index is 0.0159. The fourth-order valence-corrected chi connectivity index (χ4v) is 5.71. The average molecular weight is 480 g/mol. The first kappa shape index (κ1) is 27.4. The van der Waals surface area contributed by atoms with Gasteiger partial charge in [0.25, 0.3) is 0 Å². The zero-order valence-electron chi connectivity index (χ0n) is 21.9. The summed E-state index contributed by atoms with van der Waals surface area (Å²) in [4.78, 5) is 15.1. The molecular weight excluding hydrogens is 434 g/mol. The van der Waals surface area contributed by atoms with Crippen LogP contribution in [0.3, 0.4) is 0 Å². The molecule has 0 radical (unpaired) electrons. The maximum Gasteiger partial charge on any atom is 0.308 e. The molecule has 1 aliphatic rings. The van der Waals surface area contributed by atoms with Gasteiger partial charge in [-0.1, -0.05) is 107 Å². The predicted molar refractivity (Wildman–Crippen MR) is 143 cm³/mol. The van der Waals surface area contributed by atoms with Crippen molar-refractivity contribution in [3.63, 3.8) is 0 Å². The molecular formula is C31H45NO3. The molecule has 1 N–H and O–H groups in total. The van der Waals surface area contributed by atoms with Crippen LogP contribution in [0.25, 0.3) is 0 Å². The fraction of sp³-hybridized carbons (Fsp3) is 0.581. The number of carbonyl (C=O) groups is 1. The van der Waals surface area contributed by atoms with E-state index in [0.29, 0.717) is 18.3 Å². The summed E-state index contributed by atoms with van der Waals surface area (Å²) < 4.78 is 5.13. The molecule has 1 fully saturated rings. The number of hydrogen-bond donors (Lipinski definition) is 1. The van der Waals surface area contributed by atoms with Crippen LogP contribution in [0, 0.1) is 17.8 Å². The quantitative estimate of drug-likeness (QED) is 0.328. The number of methoxy groups -OCH3 is 1. The van der Waals surface area contributed by atoms with Crippen molar-refractivity contribution < 1.29 is 14.6 Å². The fourth-order valence-electron chi connectivity index (χ4n) is 5.71. The molecule has 0 aromatic heterocycles. The molecule has 192 valence electrons. The zero-order chi connectivity index (χ0) is 25.0. The van der Waals surface area contributed by atoms with Crippen LogP contribution in [0.1, 0.15) is 76.3 Å². The van der Waals surface area contributed by atoms with Gasteiger partial charge in [0.15, 0.2) is 0 Å². The number of aliphatic hydroxyl groups excluding tert-OH is 1. The van der Waals surface area contributed by atoms with Gasteiger partial charge < -0.3 is 9.84 Å². The molecule has 0 bridgehead atoms. The third-order valence-corrected chi connectivity index (χ3v) is 7.49. The standard InChI is InChI=1S/C31H45NO3/c1-24(2)19-28(31(34)35-3)21-30(33)29(20-25-13-7-4-8-14-25)32(22-26-15-9-5-10-16-26)23-27-17-11-6-12-18-27/h5-6,9-12,15-18,24-25,28-30,33H,4,7-8,13-14,19-23H2,1-3H3/t28-,29-,30-/m0/s1. The highest BCUT2D eigenvalue weighted by molar-refractivity contribution is 5.72. The Labute approximate surface area is 212 Å². The molecule has 3 rings (SSSR count). The van der Waals surface area contributed by atoms with E-state index >= 15 is 0 Å². The second kappa shape index (κ2) is 14.4. The van der Waals surface area contributed by atoms with Crippen LogP contribution in [0.5, 0.6) is 0 Å². The lowest BCUT2D eigenvalue weighted by Gasteiger charge is -2.39. The maximum atomic E-state index is 12.6. The lowest BCUT2D eigenvalue weighted by Crippen LogP contribution is -2.45. The van der Waals surface area contributed by atoms with Crippen molar-refractivity contribution in [2.24, 2.45) is 17.8 Å². The Morgan fingerprint density at radius 3 is 1.94 bits per heavy atom. The van der Waals surface area contributed by atoms with Gasteiger partial charge in [-0.25, -0.2) is 0 Å². The molecule has 2 aromatic rings. The summed E-state index contributed by atoms with van der Waals surface area (Å²) in [5.74, 6) is 0.512. The first-order valence-corrected chi connectivity index (χ1v) is 13.5. The number of rotatable bonds is 13. The molecule has 2 aromatic carbocycles. The van der Waals surface area contributed by atoms with E-state index in [1.807, 2.05) is 12.1 Å². The van der Waals surface area contributed by atoms with Crippen molar-refractivity contribution in [1.82, 2.24) is 4.90 Å². The van der Waals surface area contributed by atoms with Crippen LogP contribution in [-0.4, -0.2) is 35.2 Å². The van der Waals surface area contributed by atoms with Crippen molar-refractivity contribution in [2.75, 3.05) is 7.11 Å². The highest BCUT2D eigenvalue weighted by atomic mass is 16.5. The minimum atomic E-state index is -0.591. The van der Waals surface area contributed by atoms with Gasteiger partial charge in [-0.2, -0.15) is 0 Å². The van der Waals surface area contributed by atoms with Crippen LogP contribution >= 0.6 is 0 Å². The molecule has 0 amide bonds.